The van der Waals surface area contributed by atoms with Gasteiger partial charge in [-0.1, -0.05) is 53.2 Å². The Bertz CT molecular complexity index is 1150. The fourth-order valence-corrected chi connectivity index (χ4v) is 11.2. The smallest absolute Gasteiger partial charge is 0.397 e. The van der Waals surface area contributed by atoms with Gasteiger partial charge in [-0.15, -0.1) is 0 Å². The molecule has 5 aliphatic rings. The topological polar surface area (TPSA) is 121 Å². The molecule has 216 valence electrons. The first-order chi connectivity index (χ1) is 17.3. The Morgan fingerprint density at radius 1 is 0.974 bits per heavy atom. The number of aliphatic carboxylic acids is 1. The first-order valence-corrected chi connectivity index (χ1v) is 16.0. The Balaban J connectivity index is 1.55. The van der Waals surface area contributed by atoms with Crippen molar-refractivity contribution in [2.45, 2.75) is 112 Å². The first-order valence-electron chi connectivity index (χ1n) is 14.6. The fraction of sp³-hybridized carbons (Fsp3) is 0.900. The van der Waals surface area contributed by atoms with Crippen LogP contribution in [0.25, 0.3) is 0 Å². The number of carboxylic acids is 1. The molecule has 5 rings (SSSR count). The van der Waals surface area contributed by atoms with Gasteiger partial charge in [-0.25, -0.2) is 4.18 Å². The van der Waals surface area contributed by atoms with Crippen molar-refractivity contribution in [2.75, 3.05) is 6.61 Å². The van der Waals surface area contributed by atoms with Crippen LogP contribution in [0.15, 0.2) is 11.6 Å². The third-order valence-electron chi connectivity index (χ3n) is 13.4. The van der Waals surface area contributed by atoms with Crippen molar-refractivity contribution in [3.8, 4) is 0 Å². The Kier molecular flexibility index (Phi) is 6.41. The number of aliphatic hydroxyl groups is 1. The summed E-state index contributed by atoms with van der Waals surface area (Å²) in [6.45, 7) is 13.4. The molecular weight excluding hydrogens is 504 g/mol. The van der Waals surface area contributed by atoms with Crippen LogP contribution in [0.3, 0.4) is 0 Å². The van der Waals surface area contributed by atoms with E-state index in [1.165, 1.54) is 5.57 Å². The number of carboxylic acid groups (broad SMARTS) is 1. The molecule has 0 saturated heterocycles. The molecule has 38 heavy (non-hydrogen) atoms. The van der Waals surface area contributed by atoms with Crippen molar-refractivity contribution in [1.82, 2.24) is 0 Å². The van der Waals surface area contributed by atoms with Gasteiger partial charge in [0.2, 0.25) is 0 Å². The highest BCUT2D eigenvalue weighted by atomic mass is 32.3. The number of fused-ring (bicyclic) bond motifs is 7. The van der Waals surface area contributed by atoms with Crippen molar-refractivity contribution in [3.63, 3.8) is 0 Å². The molecule has 5 aliphatic carbocycles. The summed E-state index contributed by atoms with van der Waals surface area (Å²) in [5, 5.41) is 21.6. The van der Waals surface area contributed by atoms with E-state index in [0.717, 1.165) is 57.8 Å². The lowest BCUT2D eigenvalue weighted by molar-refractivity contribution is -0.215. The Hall–Kier alpha value is -0.960. The molecule has 0 heterocycles. The summed E-state index contributed by atoms with van der Waals surface area (Å²) in [7, 11) is -4.61. The zero-order chi connectivity index (χ0) is 28.2. The number of aliphatic hydroxyl groups excluding tert-OH is 1. The molecule has 0 radical (unpaired) electrons. The van der Waals surface area contributed by atoms with E-state index in [2.05, 4.69) is 40.7 Å². The molecule has 0 aromatic rings. The Morgan fingerprint density at radius 3 is 2.26 bits per heavy atom. The van der Waals surface area contributed by atoms with Gasteiger partial charge in [-0.3, -0.25) is 9.35 Å². The zero-order valence-corrected chi connectivity index (χ0v) is 24.9. The molecule has 0 aliphatic heterocycles. The number of carbonyl (C=O) groups is 1. The van der Waals surface area contributed by atoms with Crippen LogP contribution in [0.5, 0.6) is 0 Å². The average Bonchev–Trinajstić information content (AvgIpc) is 2.80. The maximum Gasteiger partial charge on any atom is 0.397 e. The summed E-state index contributed by atoms with van der Waals surface area (Å²) >= 11 is 0. The summed E-state index contributed by atoms with van der Waals surface area (Å²) < 4.78 is 37.2. The third-order valence-corrected chi connectivity index (χ3v) is 13.8. The molecule has 0 aromatic carbocycles. The third kappa shape index (κ3) is 3.82. The lowest BCUT2D eigenvalue weighted by atomic mass is 9.33. The van der Waals surface area contributed by atoms with Gasteiger partial charge in [-0.2, -0.15) is 8.42 Å². The summed E-state index contributed by atoms with van der Waals surface area (Å²) in [5.74, 6) is -0.186. The van der Waals surface area contributed by atoms with Crippen molar-refractivity contribution in [1.29, 1.82) is 0 Å². The van der Waals surface area contributed by atoms with Gasteiger partial charge in [0.25, 0.3) is 0 Å². The summed E-state index contributed by atoms with van der Waals surface area (Å²) in [4.78, 5) is 12.8. The fourth-order valence-electron chi connectivity index (χ4n) is 10.8. The Morgan fingerprint density at radius 2 is 1.63 bits per heavy atom. The highest BCUT2D eigenvalue weighted by Gasteiger charge is 2.69. The molecule has 0 unspecified atom stereocenters. The molecule has 0 spiro atoms. The second-order valence-corrected chi connectivity index (χ2v) is 16.5. The van der Waals surface area contributed by atoms with E-state index < -0.39 is 33.3 Å². The molecule has 4 fully saturated rings. The normalized spacial score (nSPS) is 50.1. The van der Waals surface area contributed by atoms with Gasteiger partial charge in [0.05, 0.1) is 18.1 Å². The van der Waals surface area contributed by atoms with Crippen molar-refractivity contribution < 1.29 is 32.2 Å². The lowest BCUT2D eigenvalue weighted by Crippen LogP contribution is -2.66. The van der Waals surface area contributed by atoms with Crippen LogP contribution >= 0.6 is 0 Å². The van der Waals surface area contributed by atoms with E-state index in [9.17, 15) is 28.0 Å². The van der Waals surface area contributed by atoms with E-state index >= 15 is 0 Å². The van der Waals surface area contributed by atoms with Crippen molar-refractivity contribution >= 4 is 16.4 Å². The molecule has 7 nitrogen and oxygen atoms in total. The summed E-state index contributed by atoms with van der Waals surface area (Å²) in [6, 6.07) is 0. The van der Waals surface area contributed by atoms with Gasteiger partial charge >= 0.3 is 16.4 Å². The highest BCUT2D eigenvalue weighted by Crippen LogP contribution is 2.75. The molecule has 8 heteroatoms. The van der Waals surface area contributed by atoms with Crippen molar-refractivity contribution in [3.05, 3.63) is 11.6 Å². The van der Waals surface area contributed by atoms with Crippen LogP contribution < -0.4 is 0 Å². The predicted molar refractivity (Wildman–Crippen MR) is 145 cm³/mol. The summed E-state index contributed by atoms with van der Waals surface area (Å²) in [5.41, 5.74) is -0.201. The zero-order valence-electron chi connectivity index (χ0n) is 24.0. The van der Waals surface area contributed by atoms with E-state index in [4.69, 9.17) is 4.18 Å². The molecule has 0 bridgehead atoms. The number of hydrogen-bond acceptors (Lipinski definition) is 5. The van der Waals surface area contributed by atoms with Gasteiger partial charge in [0.1, 0.15) is 0 Å². The minimum atomic E-state index is -4.61. The first kappa shape index (κ1) is 28.6. The molecule has 4 saturated carbocycles. The maximum absolute atomic E-state index is 12.8. The monoisotopic (exact) mass is 552 g/mol. The minimum Gasteiger partial charge on any atom is -0.481 e. The van der Waals surface area contributed by atoms with E-state index in [0.29, 0.717) is 12.3 Å². The second-order valence-electron chi connectivity index (χ2n) is 15.4. The van der Waals surface area contributed by atoms with E-state index in [-0.39, 0.29) is 40.1 Å². The molecule has 3 N–H and O–H groups in total. The van der Waals surface area contributed by atoms with Crippen LogP contribution in [0.4, 0.5) is 0 Å². The highest BCUT2D eigenvalue weighted by molar-refractivity contribution is 7.80. The molecular formula is C30H48O7S. The quantitative estimate of drug-likeness (QED) is 0.287. The van der Waals surface area contributed by atoms with E-state index in [1.807, 2.05) is 6.92 Å². The summed E-state index contributed by atoms with van der Waals surface area (Å²) in [6.07, 6.45) is 10.0. The SMILES string of the molecule is CC1(C)CC[C@]2(C(=O)O)CC[C@]3(C)C(=CC[C@@H]4[C@@]5(C)CC[C@H](O)[C@@](C)(COS(=O)(=O)O)[C@@H]5CC[C@]43C)[C@@H]2C1. The standard InChI is InChI=1S/C30H48O7S/c1-25(2)13-15-30(24(32)33)16-14-28(5)19(20(30)17-25)7-8-22-26(3)11-10-23(31)27(4,18-37-38(34,35)36)21(26)9-12-29(22,28)6/h7,20-23,31H,8-18H2,1-6H3,(H,32,33)(H,34,35,36)/t20-,21+,22+,23-,26-,27-,28+,29+,30-/m0/s1. The number of hydrogen-bond donors (Lipinski definition) is 3. The van der Waals surface area contributed by atoms with Crippen LogP contribution in [0, 0.1) is 50.2 Å². The van der Waals surface area contributed by atoms with Crippen LogP contribution in [-0.2, 0) is 19.4 Å². The number of rotatable bonds is 4. The number of allylic oxidation sites excluding steroid dienone is 2. The predicted octanol–water partition coefficient (Wildman–Crippen LogP) is 6.03. The minimum absolute atomic E-state index is 0.0261. The van der Waals surface area contributed by atoms with Gasteiger partial charge in [0.15, 0.2) is 0 Å². The Labute approximate surface area is 228 Å². The van der Waals surface area contributed by atoms with Crippen LogP contribution in [0.2, 0.25) is 0 Å². The molecule has 0 amide bonds. The van der Waals surface area contributed by atoms with Crippen molar-refractivity contribution in [2.24, 2.45) is 50.2 Å². The molecule has 9 atom stereocenters. The largest absolute Gasteiger partial charge is 0.481 e. The lowest BCUT2D eigenvalue weighted by Gasteiger charge is -2.71. The second kappa shape index (κ2) is 8.53. The van der Waals surface area contributed by atoms with Crippen LogP contribution in [-0.4, -0.2) is 41.9 Å². The average molecular weight is 553 g/mol. The van der Waals surface area contributed by atoms with Gasteiger partial charge in [-0.05, 0) is 104 Å². The molecule has 0 aromatic heterocycles. The van der Waals surface area contributed by atoms with Crippen LogP contribution in [0.1, 0.15) is 106 Å². The van der Waals surface area contributed by atoms with Gasteiger partial charge < -0.3 is 10.2 Å². The van der Waals surface area contributed by atoms with Gasteiger partial charge in [0, 0.05) is 5.41 Å². The maximum atomic E-state index is 12.8. The van der Waals surface area contributed by atoms with E-state index in [1.54, 1.807) is 0 Å².